The second-order valence-corrected chi connectivity index (χ2v) is 11.2. The number of thioether (sulfide) groups is 1. The van der Waals surface area contributed by atoms with Gasteiger partial charge >= 0.3 is 0 Å². The maximum atomic E-state index is 10.8. The third-order valence-electron chi connectivity index (χ3n) is 4.72. The lowest BCUT2D eigenvalue weighted by Gasteiger charge is -2.09. The van der Waals surface area contributed by atoms with E-state index in [-0.39, 0.29) is 0 Å². The Morgan fingerprint density at radius 2 is 1.53 bits per heavy atom. The Hall–Kier alpha value is -0.760. The van der Waals surface area contributed by atoms with Gasteiger partial charge in [0.25, 0.3) is 10.1 Å². The minimum absolute atomic E-state index is 0.313. The van der Waals surface area contributed by atoms with Crippen LogP contribution in [-0.4, -0.2) is 39.4 Å². The van der Waals surface area contributed by atoms with Crippen molar-refractivity contribution in [2.24, 2.45) is 0 Å². The molecule has 0 spiro atoms. The zero-order valence-corrected chi connectivity index (χ0v) is 21.0. The van der Waals surface area contributed by atoms with Crippen LogP contribution in [0.2, 0.25) is 0 Å². The van der Waals surface area contributed by atoms with Crippen LogP contribution < -0.4 is 4.74 Å². The summed E-state index contributed by atoms with van der Waals surface area (Å²) in [4.78, 5) is 0. The topological polar surface area (TPSA) is 52.6 Å². The molecule has 0 saturated carbocycles. The van der Waals surface area contributed by atoms with Crippen molar-refractivity contribution in [3.63, 3.8) is 0 Å². The number of rotatable bonds is 16. The molecule has 0 saturated heterocycles. The quantitative estimate of drug-likeness (QED) is 0.181. The minimum Gasteiger partial charge on any atom is -0.493 e. The van der Waals surface area contributed by atoms with Crippen molar-refractivity contribution >= 4 is 48.6 Å². The smallest absolute Gasteiger partial charge is 0.264 e. The first-order chi connectivity index (χ1) is 14.5. The molecule has 4 nitrogen and oxygen atoms in total. The monoisotopic (exact) mass is 516 g/mol. The predicted molar refractivity (Wildman–Crippen MR) is 132 cm³/mol. The molecule has 0 aromatic heterocycles. The largest absolute Gasteiger partial charge is 0.493 e. The van der Waals surface area contributed by atoms with Gasteiger partial charge in [-0.1, -0.05) is 53.7 Å². The molecule has 2 aromatic rings. The summed E-state index contributed by atoms with van der Waals surface area (Å²) in [5.41, 5.74) is 0. The minimum atomic E-state index is -3.28. The highest BCUT2D eigenvalue weighted by atomic mass is 79.9. The van der Waals surface area contributed by atoms with Gasteiger partial charge in [0, 0.05) is 9.86 Å². The first kappa shape index (κ1) is 25.5. The highest BCUT2D eigenvalue weighted by Crippen LogP contribution is 2.28. The van der Waals surface area contributed by atoms with E-state index in [1.54, 1.807) is 0 Å². The summed E-state index contributed by atoms with van der Waals surface area (Å²) in [6.45, 7) is 1.08. The highest BCUT2D eigenvalue weighted by Gasteiger charge is 2.03. The molecule has 30 heavy (non-hydrogen) atoms. The lowest BCUT2D eigenvalue weighted by atomic mass is 10.1. The molecule has 0 aliphatic heterocycles. The van der Waals surface area contributed by atoms with Gasteiger partial charge in [0.05, 0.1) is 19.5 Å². The van der Waals surface area contributed by atoms with Gasteiger partial charge in [0.1, 0.15) is 5.75 Å². The highest BCUT2D eigenvalue weighted by molar-refractivity contribution is 9.10. The SMILES string of the molecule is CS(=O)(=O)OCCCCCCSCCCCCCOc1cccc2cc(Br)ccc12. The zero-order chi connectivity index (χ0) is 21.7. The van der Waals surface area contributed by atoms with Gasteiger partial charge in [-0.05, 0) is 66.8 Å². The van der Waals surface area contributed by atoms with Crippen molar-refractivity contribution in [1.29, 1.82) is 0 Å². The number of benzene rings is 2. The van der Waals surface area contributed by atoms with Crippen molar-refractivity contribution in [2.75, 3.05) is 31.0 Å². The van der Waals surface area contributed by atoms with Gasteiger partial charge < -0.3 is 4.74 Å². The molecule has 0 atom stereocenters. The fourth-order valence-electron chi connectivity index (χ4n) is 3.16. The molecule has 0 fully saturated rings. The number of ether oxygens (including phenoxy) is 1. The molecule has 0 amide bonds. The average Bonchev–Trinajstić information content (AvgIpc) is 2.69. The van der Waals surface area contributed by atoms with Crippen molar-refractivity contribution in [2.45, 2.75) is 51.4 Å². The first-order valence-corrected chi connectivity index (χ1v) is 14.5. The molecular formula is C23H33BrO4S2. The number of halogens is 1. The summed E-state index contributed by atoms with van der Waals surface area (Å²) in [7, 11) is -3.28. The average molecular weight is 518 g/mol. The molecule has 168 valence electrons. The Labute approximate surface area is 194 Å². The molecule has 0 radical (unpaired) electrons. The summed E-state index contributed by atoms with van der Waals surface area (Å²) in [5, 5.41) is 2.36. The second-order valence-electron chi connectivity index (χ2n) is 7.44. The maximum absolute atomic E-state index is 10.8. The van der Waals surface area contributed by atoms with Gasteiger partial charge in [0.2, 0.25) is 0 Å². The molecule has 0 aliphatic carbocycles. The van der Waals surface area contributed by atoms with Crippen LogP contribution in [0.25, 0.3) is 10.8 Å². The Morgan fingerprint density at radius 3 is 2.23 bits per heavy atom. The Kier molecular flexibility index (Phi) is 12.2. The Morgan fingerprint density at radius 1 is 0.867 bits per heavy atom. The van der Waals surface area contributed by atoms with E-state index in [9.17, 15) is 8.42 Å². The fraction of sp³-hybridized carbons (Fsp3) is 0.565. The molecule has 2 aromatic carbocycles. The lowest BCUT2D eigenvalue weighted by molar-refractivity contribution is 0.308. The number of hydrogen-bond acceptors (Lipinski definition) is 5. The number of fused-ring (bicyclic) bond motifs is 1. The van der Waals surface area contributed by atoms with E-state index in [4.69, 9.17) is 8.92 Å². The van der Waals surface area contributed by atoms with Crippen LogP contribution in [0.1, 0.15) is 51.4 Å². The molecule has 2 rings (SSSR count). The van der Waals surface area contributed by atoms with Crippen LogP contribution in [0.3, 0.4) is 0 Å². The third kappa shape index (κ3) is 11.0. The summed E-state index contributed by atoms with van der Waals surface area (Å²) < 4.78 is 33.5. The van der Waals surface area contributed by atoms with Gasteiger partial charge in [0.15, 0.2) is 0 Å². The molecular weight excluding hydrogens is 484 g/mol. The van der Waals surface area contributed by atoms with E-state index in [0.29, 0.717) is 6.61 Å². The molecule has 7 heteroatoms. The van der Waals surface area contributed by atoms with Crippen LogP contribution in [0.15, 0.2) is 40.9 Å². The fourth-order valence-corrected chi connectivity index (χ4v) is 4.98. The predicted octanol–water partition coefficient (Wildman–Crippen LogP) is 6.81. The summed E-state index contributed by atoms with van der Waals surface area (Å²) in [6, 6.07) is 12.5. The number of unbranched alkanes of at least 4 members (excludes halogenated alkanes) is 6. The van der Waals surface area contributed by atoms with Crippen LogP contribution in [0.4, 0.5) is 0 Å². The van der Waals surface area contributed by atoms with Crippen LogP contribution in [0, 0.1) is 0 Å². The van der Waals surface area contributed by atoms with Gasteiger partial charge in [-0.3, -0.25) is 4.18 Å². The van der Waals surface area contributed by atoms with Crippen LogP contribution in [-0.2, 0) is 14.3 Å². The van der Waals surface area contributed by atoms with Crippen molar-refractivity contribution in [1.82, 2.24) is 0 Å². The summed E-state index contributed by atoms with van der Waals surface area (Å²) >= 11 is 5.54. The van der Waals surface area contributed by atoms with E-state index in [0.717, 1.165) is 48.8 Å². The normalized spacial score (nSPS) is 11.8. The molecule has 0 aliphatic rings. The van der Waals surface area contributed by atoms with Gasteiger partial charge in [-0.2, -0.15) is 20.2 Å². The van der Waals surface area contributed by atoms with Crippen molar-refractivity contribution in [3.8, 4) is 5.75 Å². The maximum Gasteiger partial charge on any atom is 0.264 e. The molecule has 0 heterocycles. The standard InChI is InChI=1S/C23H33BrO4S2/c1-30(25,26)28-16-7-3-5-9-18-29-17-8-4-2-6-15-27-23-12-10-11-20-19-21(24)13-14-22(20)23/h10-14,19H,2-9,15-18H2,1H3. The first-order valence-electron chi connectivity index (χ1n) is 10.7. The third-order valence-corrected chi connectivity index (χ3v) is 6.97. The van der Waals surface area contributed by atoms with E-state index in [1.807, 2.05) is 23.9 Å². The van der Waals surface area contributed by atoms with E-state index < -0.39 is 10.1 Å². The molecule has 0 unspecified atom stereocenters. The lowest BCUT2D eigenvalue weighted by Crippen LogP contribution is -2.03. The van der Waals surface area contributed by atoms with Gasteiger partial charge in [-0.25, -0.2) is 0 Å². The summed E-state index contributed by atoms with van der Waals surface area (Å²) in [6.07, 6.45) is 10.1. The van der Waals surface area contributed by atoms with Crippen LogP contribution >= 0.6 is 27.7 Å². The van der Waals surface area contributed by atoms with E-state index in [2.05, 4.69) is 40.2 Å². The van der Waals surface area contributed by atoms with Crippen molar-refractivity contribution in [3.05, 3.63) is 40.9 Å². The zero-order valence-electron chi connectivity index (χ0n) is 17.8. The second kappa shape index (κ2) is 14.3. The molecule has 0 N–H and O–H groups in total. The van der Waals surface area contributed by atoms with Crippen molar-refractivity contribution < 1.29 is 17.3 Å². The Bertz CT molecular complexity index is 855. The summed E-state index contributed by atoms with van der Waals surface area (Å²) in [5.74, 6) is 3.38. The van der Waals surface area contributed by atoms with Crippen LogP contribution in [0.5, 0.6) is 5.75 Å². The van der Waals surface area contributed by atoms with Gasteiger partial charge in [-0.15, -0.1) is 0 Å². The number of hydrogen-bond donors (Lipinski definition) is 0. The Balaban J connectivity index is 1.41. The molecule has 0 bridgehead atoms. The van der Waals surface area contributed by atoms with E-state index >= 15 is 0 Å². The van der Waals surface area contributed by atoms with E-state index in [1.165, 1.54) is 48.0 Å².